The molecule has 170 valence electrons. The highest BCUT2D eigenvalue weighted by Crippen LogP contribution is 2.34. The molecule has 0 aromatic heterocycles. The van der Waals surface area contributed by atoms with Crippen LogP contribution in [0.15, 0.2) is 36.4 Å². The molecule has 1 aliphatic heterocycles. The summed E-state index contributed by atoms with van der Waals surface area (Å²) in [6, 6.07) is 10.1. The zero-order chi connectivity index (χ0) is 23.3. The van der Waals surface area contributed by atoms with Crippen molar-refractivity contribution < 1.29 is 28.6 Å². The molecule has 0 radical (unpaired) electrons. The maximum absolute atomic E-state index is 12.6. The monoisotopic (exact) mass is 440 g/mol. The number of hydrogen-bond donors (Lipinski definition) is 1. The smallest absolute Gasteiger partial charge is 0.267 e. The molecule has 0 saturated heterocycles. The first-order valence-electron chi connectivity index (χ1n) is 10.6. The molecule has 0 spiro atoms. The van der Waals surface area contributed by atoms with Crippen LogP contribution in [0.1, 0.15) is 44.0 Å². The van der Waals surface area contributed by atoms with E-state index in [1.807, 2.05) is 13.8 Å². The van der Waals surface area contributed by atoms with Crippen molar-refractivity contribution >= 4 is 29.0 Å². The molecule has 1 unspecified atom stereocenters. The normalized spacial score (nSPS) is 14.9. The topological polar surface area (TPSA) is 94.2 Å². The van der Waals surface area contributed by atoms with E-state index in [9.17, 15) is 14.4 Å². The molecular formula is C24H28N2O6. The van der Waals surface area contributed by atoms with Gasteiger partial charge in [0, 0.05) is 37.2 Å². The maximum atomic E-state index is 12.6. The minimum atomic E-state index is -0.566. The Labute approximate surface area is 187 Å². The van der Waals surface area contributed by atoms with Crippen LogP contribution in [0.5, 0.6) is 17.2 Å². The van der Waals surface area contributed by atoms with Crippen molar-refractivity contribution in [1.29, 1.82) is 0 Å². The zero-order valence-corrected chi connectivity index (χ0v) is 18.8. The summed E-state index contributed by atoms with van der Waals surface area (Å²) in [5, 5.41) is 2.78. The number of carbonyl (C=O) groups excluding carboxylic acids is 3. The molecule has 0 fully saturated rings. The number of carbonyl (C=O) groups is 3. The summed E-state index contributed by atoms with van der Waals surface area (Å²) < 4.78 is 16.7. The molecule has 2 amide bonds. The van der Waals surface area contributed by atoms with E-state index in [4.69, 9.17) is 14.2 Å². The summed E-state index contributed by atoms with van der Waals surface area (Å²) in [6.07, 6.45) is -0.506. The van der Waals surface area contributed by atoms with E-state index in [1.165, 1.54) is 4.90 Å². The zero-order valence-electron chi connectivity index (χ0n) is 18.8. The Morgan fingerprint density at radius 1 is 1.03 bits per heavy atom. The second-order valence-electron chi connectivity index (χ2n) is 7.34. The predicted octanol–water partition coefficient (Wildman–Crippen LogP) is 3.83. The Morgan fingerprint density at radius 2 is 1.75 bits per heavy atom. The van der Waals surface area contributed by atoms with Gasteiger partial charge >= 0.3 is 0 Å². The molecule has 3 rings (SSSR count). The van der Waals surface area contributed by atoms with E-state index in [0.717, 1.165) is 0 Å². The summed E-state index contributed by atoms with van der Waals surface area (Å²) in [4.78, 5) is 38.6. The second-order valence-corrected chi connectivity index (χ2v) is 7.34. The Balaban J connectivity index is 1.61. The van der Waals surface area contributed by atoms with E-state index < -0.39 is 6.10 Å². The van der Waals surface area contributed by atoms with Gasteiger partial charge in [-0.3, -0.25) is 14.4 Å². The van der Waals surface area contributed by atoms with Crippen LogP contribution in [0.2, 0.25) is 0 Å². The maximum Gasteiger partial charge on any atom is 0.267 e. The van der Waals surface area contributed by atoms with Gasteiger partial charge in [-0.15, -0.1) is 0 Å². The van der Waals surface area contributed by atoms with Crippen LogP contribution in [0.25, 0.3) is 0 Å². The van der Waals surface area contributed by atoms with Crippen molar-refractivity contribution in [1.82, 2.24) is 0 Å². The first kappa shape index (κ1) is 23.1. The summed E-state index contributed by atoms with van der Waals surface area (Å²) >= 11 is 0. The lowest BCUT2D eigenvalue weighted by Gasteiger charge is -2.30. The number of ketones is 1. The minimum Gasteiger partial charge on any atom is -0.490 e. The van der Waals surface area contributed by atoms with E-state index in [2.05, 4.69) is 5.32 Å². The van der Waals surface area contributed by atoms with Crippen LogP contribution < -0.4 is 24.4 Å². The summed E-state index contributed by atoms with van der Waals surface area (Å²) in [5.41, 5.74) is 1.53. The number of likely N-dealkylation sites (N-methyl/N-ethyl adjacent to an activating group) is 1. The van der Waals surface area contributed by atoms with E-state index >= 15 is 0 Å². The average Bonchev–Trinajstić information content (AvgIpc) is 2.78. The van der Waals surface area contributed by atoms with Crippen LogP contribution in [0.3, 0.4) is 0 Å². The number of anilines is 2. The van der Waals surface area contributed by atoms with Gasteiger partial charge in [0.15, 0.2) is 23.4 Å². The molecule has 2 aromatic carbocycles. The van der Waals surface area contributed by atoms with Crippen molar-refractivity contribution in [2.45, 2.75) is 39.7 Å². The fourth-order valence-electron chi connectivity index (χ4n) is 3.41. The van der Waals surface area contributed by atoms with Crippen LogP contribution in [0.4, 0.5) is 11.4 Å². The molecule has 0 saturated carbocycles. The van der Waals surface area contributed by atoms with Crippen LogP contribution in [-0.4, -0.2) is 44.0 Å². The lowest BCUT2D eigenvalue weighted by molar-refractivity contribution is -0.125. The number of ether oxygens (including phenoxy) is 3. The fraction of sp³-hybridized carbons (Fsp3) is 0.375. The largest absolute Gasteiger partial charge is 0.490 e. The third-order valence-corrected chi connectivity index (χ3v) is 5.03. The summed E-state index contributed by atoms with van der Waals surface area (Å²) in [5.74, 6) is 1.05. The van der Waals surface area contributed by atoms with E-state index in [1.54, 1.807) is 50.4 Å². The van der Waals surface area contributed by atoms with Gasteiger partial charge < -0.3 is 24.4 Å². The lowest BCUT2D eigenvalue weighted by atomic mass is 10.0. The standard InChI is InChI=1S/C24H28N2O6/c1-5-30-21-11-8-17(14-22(21)31-6-2)25-23(28)12-9-19(27)16-7-10-20-18(13-16)26(4)24(29)15(3)32-20/h7-8,10-11,13-15H,5-6,9,12H2,1-4H3,(H,25,28). The summed E-state index contributed by atoms with van der Waals surface area (Å²) in [6.45, 7) is 6.41. The average molecular weight is 440 g/mol. The van der Waals surface area contributed by atoms with Crippen molar-refractivity contribution in [2.24, 2.45) is 0 Å². The van der Waals surface area contributed by atoms with Gasteiger partial charge in [0.25, 0.3) is 5.91 Å². The van der Waals surface area contributed by atoms with Gasteiger partial charge in [-0.2, -0.15) is 0 Å². The Bertz CT molecular complexity index is 1020. The molecule has 1 aliphatic rings. The Hall–Kier alpha value is -3.55. The number of hydrogen-bond acceptors (Lipinski definition) is 6. The van der Waals surface area contributed by atoms with Crippen molar-refractivity contribution in [3.63, 3.8) is 0 Å². The van der Waals surface area contributed by atoms with Gasteiger partial charge in [-0.1, -0.05) is 0 Å². The molecule has 1 atom stereocenters. The van der Waals surface area contributed by atoms with Gasteiger partial charge in [-0.25, -0.2) is 0 Å². The predicted molar refractivity (Wildman–Crippen MR) is 121 cm³/mol. The van der Waals surface area contributed by atoms with Crippen molar-refractivity contribution in [3.8, 4) is 17.2 Å². The first-order chi connectivity index (χ1) is 15.3. The molecule has 1 N–H and O–H groups in total. The molecule has 1 heterocycles. The third-order valence-electron chi connectivity index (χ3n) is 5.03. The first-order valence-corrected chi connectivity index (χ1v) is 10.6. The minimum absolute atomic E-state index is 0.0232. The molecular weight excluding hydrogens is 412 g/mol. The number of fused-ring (bicyclic) bond motifs is 1. The highest BCUT2D eigenvalue weighted by atomic mass is 16.5. The molecule has 8 nitrogen and oxygen atoms in total. The van der Waals surface area contributed by atoms with Crippen LogP contribution >= 0.6 is 0 Å². The fourth-order valence-corrected chi connectivity index (χ4v) is 3.41. The number of Topliss-reactive ketones (excluding diaryl/α,β-unsaturated/α-hetero) is 1. The number of nitrogens with zero attached hydrogens (tertiary/aromatic N) is 1. The van der Waals surface area contributed by atoms with Crippen LogP contribution in [-0.2, 0) is 9.59 Å². The van der Waals surface area contributed by atoms with Crippen molar-refractivity contribution in [2.75, 3.05) is 30.5 Å². The van der Waals surface area contributed by atoms with E-state index in [-0.39, 0.29) is 30.4 Å². The molecule has 0 aliphatic carbocycles. The van der Waals surface area contributed by atoms with Gasteiger partial charge in [0.1, 0.15) is 5.75 Å². The van der Waals surface area contributed by atoms with Gasteiger partial charge in [0.2, 0.25) is 5.91 Å². The Kier molecular flexibility index (Phi) is 7.35. The molecule has 8 heteroatoms. The number of benzene rings is 2. The number of amides is 2. The SMILES string of the molecule is CCOc1ccc(NC(=O)CCC(=O)c2ccc3c(c2)N(C)C(=O)C(C)O3)cc1OCC. The van der Waals surface area contributed by atoms with Gasteiger partial charge in [-0.05, 0) is 51.1 Å². The lowest BCUT2D eigenvalue weighted by Crippen LogP contribution is -2.42. The third kappa shape index (κ3) is 5.19. The highest BCUT2D eigenvalue weighted by Gasteiger charge is 2.29. The highest BCUT2D eigenvalue weighted by molar-refractivity contribution is 6.04. The number of rotatable bonds is 9. The number of nitrogens with one attached hydrogen (secondary N) is 1. The Morgan fingerprint density at radius 3 is 2.47 bits per heavy atom. The quantitative estimate of drug-likeness (QED) is 0.596. The second kappa shape index (κ2) is 10.2. The van der Waals surface area contributed by atoms with Crippen LogP contribution in [0, 0.1) is 0 Å². The van der Waals surface area contributed by atoms with Gasteiger partial charge in [0.05, 0.1) is 18.9 Å². The molecule has 32 heavy (non-hydrogen) atoms. The van der Waals surface area contributed by atoms with Crippen molar-refractivity contribution in [3.05, 3.63) is 42.0 Å². The van der Waals surface area contributed by atoms with E-state index in [0.29, 0.717) is 47.4 Å². The summed E-state index contributed by atoms with van der Waals surface area (Å²) in [7, 11) is 1.65. The molecule has 2 aromatic rings. The molecule has 0 bridgehead atoms.